The summed E-state index contributed by atoms with van der Waals surface area (Å²) in [5, 5.41) is 29.1. The number of carbonyl (C=O) groups is 1. The Bertz CT molecular complexity index is 440. The third-order valence-electron chi connectivity index (χ3n) is 7.69. The molecule has 0 saturated heterocycles. The molecule has 4 heteroatoms. The molecule has 0 amide bonds. The van der Waals surface area contributed by atoms with Crippen molar-refractivity contribution in [3.8, 4) is 0 Å². The molecule has 0 radical (unpaired) electrons. The van der Waals surface area contributed by atoms with Gasteiger partial charge in [0.25, 0.3) is 0 Å². The summed E-state index contributed by atoms with van der Waals surface area (Å²) in [5.74, 6) is -0.679. The van der Waals surface area contributed by atoms with Gasteiger partial charge in [-0.2, -0.15) is 0 Å². The van der Waals surface area contributed by atoms with E-state index in [-0.39, 0.29) is 0 Å². The first-order chi connectivity index (χ1) is 17.6. The first-order valence-electron chi connectivity index (χ1n) is 16.2. The van der Waals surface area contributed by atoms with Gasteiger partial charge >= 0.3 is 5.97 Å². The highest BCUT2D eigenvalue weighted by atomic mass is 16.4. The first kappa shape index (κ1) is 35.4. The van der Waals surface area contributed by atoms with Crippen molar-refractivity contribution in [2.75, 3.05) is 0 Å². The lowest BCUT2D eigenvalue weighted by molar-refractivity contribution is -0.137. The summed E-state index contributed by atoms with van der Waals surface area (Å²) in [7, 11) is 0. The average Bonchev–Trinajstić information content (AvgIpc) is 2.86. The maximum atomic E-state index is 10.5. The quantitative estimate of drug-likeness (QED) is 0.0837. The van der Waals surface area contributed by atoms with Crippen molar-refractivity contribution in [1.29, 1.82) is 0 Å². The molecule has 2 unspecified atom stereocenters. The Kier molecular flexibility index (Phi) is 28.5. The highest BCUT2D eigenvalue weighted by Crippen LogP contribution is 2.17. The van der Waals surface area contributed by atoms with E-state index in [1.807, 2.05) is 0 Å². The summed E-state index contributed by atoms with van der Waals surface area (Å²) in [6.45, 7) is 2.28. The van der Waals surface area contributed by atoms with Crippen LogP contribution in [-0.4, -0.2) is 33.5 Å². The molecule has 0 spiro atoms. The molecule has 0 aromatic heterocycles. The number of rotatable bonds is 30. The number of aliphatic hydroxyl groups excluding tert-OH is 2. The second kappa shape index (κ2) is 29.0. The van der Waals surface area contributed by atoms with Crippen molar-refractivity contribution in [1.82, 2.24) is 0 Å². The lowest BCUT2D eigenvalue weighted by Gasteiger charge is -2.17. The van der Waals surface area contributed by atoms with E-state index in [2.05, 4.69) is 6.92 Å². The Hall–Kier alpha value is -0.610. The van der Waals surface area contributed by atoms with Gasteiger partial charge in [0.2, 0.25) is 0 Å². The molecular weight excluding hydrogens is 448 g/mol. The van der Waals surface area contributed by atoms with E-state index in [0.29, 0.717) is 6.42 Å². The van der Waals surface area contributed by atoms with Crippen LogP contribution < -0.4 is 0 Å². The molecule has 0 aromatic carbocycles. The maximum absolute atomic E-state index is 10.5. The Morgan fingerprint density at radius 3 is 0.972 bits per heavy atom. The molecule has 2 atom stereocenters. The van der Waals surface area contributed by atoms with E-state index < -0.39 is 18.2 Å². The topological polar surface area (TPSA) is 77.8 Å². The molecule has 0 bridgehead atoms. The fourth-order valence-corrected chi connectivity index (χ4v) is 5.15. The van der Waals surface area contributed by atoms with Gasteiger partial charge in [-0.15, -0.1) is 0 Å². The lowest BCUT2D eigenvalue weighted by Crippen LogP contribution is -2.25. The number of aliphatic carboxylic acids is 1. The summed E-state index contributed by atoms with van der Waals surface area (Å²) in [5.41, 5.74) is 0. The van der Waals surface area contributed by atoms with E-state index >= 15 is 0 Å². The highest BCUT2D eigenvalue weighted by Gasteiger charge is 2.15. The van der Waals surface area contributed by atoms with Crippen molar-refractivity contribution < 1.29 is 20.1 Å². The van der Waals surface area contributed by atoms with Crippen molar-refractivity contribution in [3.05, 3.63) is 0 Å². The molecule has 4 nitrogen and oxygen atoms in total. The average molecular weight is 513 g/mol. The molecule has 0 fully saturated rings. The Morgan fingerprint density at radius 1 is 0.444 bits per heavy atom. The molecule has 0 aromatic rings. The molecule has 0 aliphatic carbocycles. The van der Waals surface area contributed by atoms with Gasteiger partial charge in [0.05, 0.1) is 12.2 Å². The Labute approximate surface area is 225 Å². The lowest BCUT2D eigenvalue weighted by atomic mass is 9.99. The molecule has 0 saturated carbocycles. The fourth-order valence-electron chi connectivity index (χ4n) is 5.15. The third-order valence-corrected chi connectivity index (χ3v) is 7.69. The molecule has 216 valence electrons. The van der Waals surface area contributed by atoms with E-state index in [0.717, 1.165) is 51.4 Å². The zero-order chi connectivity index (χ0) is 26.5. The van der Waals surface area contributed by atoms with E-state index in [9.17, 15) is 15.0 Å². The molecule has 0 aliphatic rings. The summed E-state index contributed by atoms with van der Waals surface area (Å²) >= 11 is 0. The summed E-state index contributed by atoms with van der Waals surface area (Å²) in [4.78, 5) is 10.5. The third kappa shape index (κ3) is 28.0. The highest BCUT2D eigenvalue weighted by molar-refractivity contribution is 5.66. The summed E-state index contributed by atoms with van der Waals surface area (Å²) < 4.78 is 0. The van der Waals surface area contributed by atoms with Crippen molar-refractivity contribution in [2.45, 2.75) is 199 Å². The summed E-state index contributed by atoms with van der Waals surface area (Å²) in [6, 6.07) is 0. The van der Waals surface area contributed by atoms with Crippen molar-refractivity contribution >= 4 is 5.97 Å². The first-order valence-corrected chi connectivity index (χ1v) is 16.2. The van der Waals surface area contributed by atoms with Gasteiger partial charge < -0.3 is 15.3 Å². The predicted octanol–water partition coefficient (Wildman–Crippen LogP) is 9.74. The number of hydrogen-bond acceptors (Lipinski definition) is 3. The number of hydrogen-bond donors (Lipinski definition) is 3. The zero-order valence-electron chi connectivity index (χ0n) is 24.2. The minimum Gasteiger partial charge on any atom is -0.481 e. The van der Waals surface area contributed by atoms with Crippen LogP contribution in [0.5, 0.6) is 0 Å². The molecule has 36 heavy (non-hydrogen) atoms. The molecule has 3 N–H and O–H groups in total. The van der Waals surface area contributed by atoms with Gasteiger partial charge in [-0.3, -0.25) is 4.79 Å². The van der Waals surface area contributed by atoms with Crippen LogP contribution in [0.1, 0.15) is 187 Å². The normalized spacial score (nSPS) is 13.2. The van der Waals surface area contributed by atoms with Gasteiger partial charge in [0.1, 0.15) is 0 Å². The maximum Gasteiger partial charge on any atom is 0.303 e. The number of aliphatic hydroxyl groups is 2. The minimum atomic E-state index is -0.679. The molecule has 0 rings (SSSR count). The van der Waals surface area contributed by atoms with Crippen molar-refractivity contribution in [2.24, 2.45) is 0 Å². The van der Waals surface area contributed by atoms with Crippen molar-refractivity contribution in [3.63, 3.8) is 0 Å². The van der Waals surface area contributed by atoms with Gasteiger partial charge in [-0.25, -0.2) is 0 Å². The molecule has 0 heterocycles. The number of carboxylic acid groups (broad SMARTS) is 1. The van der Waals surface area contributed by atoms with Gasteiger partial charge in [0, 0.05) is 6.42 Å². The van der Waals surface area contributed by atoms with Crippen LogP contribution in [0.4, 0.5) is 0 Å². The minimum absolute atomic E-state index is 0.311. The second-order valence-corrected chi connectivity index (χ2v) is 11.3. The van der Waals surface area contributed by atoms with Crippen LogP contribution in [0.2, 0.25) is 0 Å². The predicted molar refractivity (Wildman–Crippen MR) is 155 cm³/mol. The Morgan fingerprint density at radius 2 is 0.694 bits per heavy atom. The van der Waals surface area contributed by atoms with Crippen LogP contribution in [0, 0.1) is 0 Å². The Balaban J connectivity index is 3.29. The van der Waals surface area contributed by atoms with Crippen LogP contribution in [0.25, 0.3) is 0 Å². The zero-order valence-corrected chi connectivity index (χ0v) is 24.2. The smallest absolute Gasteiger partial charge is 0.303 e. The molecule has 0 aliphatic heterocycles. The standard InChI is InChI=1S/C32H64O4/c1-2-3-4-5-6-7-8-9-10-12-15-18-21-24-27-30(33)31(34)28-25-22-19-16-13-11-14-17-20-23-26-29-32(35)36/h30-31,33-34H,2-29H2,1H3,(H,35,36). The SMILES string of the molecule is CCCCCCCCCCCCCCCCC(O)C(O)CCCCCCCCCCCCCC(=O)O. The largest absolute Gasteiger partial charge is 0.481 e. The van der Waals surface area contributed by atoms with Gasteiger partial charge in [0.15, 0.2) is 0 Å². The van der Waals surface area contributed by atoms with E-state index in [1.54, 1.807) is 0 Å². The second-order valence-electron chi connectivity index (χ2n) is 11.3. The molecular formula is C32H64O4. The number of carboxylic acids is 1. The van der Waals surface area contributed by atoms with Crippen LogP contribution >= 0.6 is 0 Å². The monoisotopic (exact) mass is 512 g/mol. The van der Waals surface area contributed by atoms with Crippen LogP contribution in [0.15, 0.2) is 0 Å². The van der Waals surface area contributed by atoms with Crippen LogP contribution in [-0.2, 0) is 4.79 Å². The van der Waals surface area contributed by atoms with Crippen LogP contribution in [0.3, 0.4) is 0 Å². The van der Waals surface area contributed by atoms with E-state index in [4.69, 9.17) is 5.11 Å². The van der Waals surface area contributed by atoms with Gasteiger partial charge in [-0.1, -0.05) is 161 Å². The summed E-state index contributed by atoms with van der Waals surface area (Å²) in [6.07, 6.45) is 32.2. The van der Waals surface area contributed by atoms with Gasteiger partial charge in [-0.05, 0) is 19.3 Å². The number of unbranched alkanes of at least 4 members (excludes halogenated alkanes) is 23. The fraction of sp³-hybridized carbons (Fsp3) is 0.969. The van der Waals surface area contributed by atoms with E-state index in [1.165, 1.54) is 122 Å².